The highest BCUT2D eigenvalue weighted by Gasteiger charge is 2.13. The second kappa shape index (κ2) is 8.12. The number of anilines is 1. The van der Waals surface area contributed by atoms with Gasteiger partial charge in [-0.3, -0.25) is 4.98 Å². The maximum Gasteiger partial charge on any atom is 0.214 e. The van der Waals surface area contributed by atoms with Crippen LogP contribution in [0.4, 0.5) is 5.82 Å². The van der Waals surface area contributed by atoms with Crippen molar-refractivity contribution in [3.05, 3.63) is 60.0 Å². The van der Waals surface area contributed by atoms with Crippen molar-refractivity contribution in [3.63, 3.8) is 0 Å². The van der Waals surface area contributed by atoms with Crippen LogP contribution in [-0.2, 0) is 13.0 Å². The fraction of sp³-hybridized carbons (Fsp3) is 0.333. The van der Waals surface area contributed by atoms with Crippen molar-refractivity contribution >= 4 is 5.82 Å². The first kappa shape index (κ1) is 18.8. The fourth-order valence-electron chi connectivity index (χ4n) is 2.50. The molecule has 3 aromatic heterocycles. The molecule has 0 bridgehead atoms. The Morgan fingerprint density at radius 3 is 2.56 bits per heavy atom. The molecular formula is C21H25N5O. The summed E-state index contributed by atoms with van der Waals surface area (Å²) in [6.45, 7) is 8.71. The Labute approximate surface area is 160 Å². The van der Waals surface area contributed by atoms with Gasteiger partial charge in [-0.25, -0.2) is 15.0 Å². The monoisotopic (exact) mass is 363 g/mol. The summed E-state index contributed by atoms with van der Waals surface area (Å²) in [7, 11) is 0. The maximum atomic E-state index is 5.84. The van der Waals surface area contributed by atoms with Crippen LogP contribution in [0.25, 0.3) is 11.5 Å². The number of hydrogen-bond acceptors (Lipinski definition) is 6. The minimum atomic E-state index is -0.278. The van der Waals surface area contributed by atoms with E-state index in [4.69, 9.17) is 4.74 Å². The highest BCUT2D eigenvalue weighted by atomic mass is 16.5. The van der Waals surface area contributed by atoms with E-state index in [2.05, 4.69) is 32.2 Å². The van der Waals surface area contributed by atoms with Gasteiger partial charge in [0.25, 0.3) is 0 Å². The largest absolute Gasteiger partial charge is 0.472 e. The molecule has 0 aliphatic carbocycles. The fourth-order valence-corrected chi connectivity index (χ4v) is 2.50. The van der Waals surface area contributed by atoms with E-state index in [0.29, 0.717) is 18.2 Å². The van der Waals surface area contributed by atoms with Crippen LogP contribution in [0.1, 0.15) is 39.0 Å². The normalized spacial score (nSPS) is 11.3. The van der Waals surface area contributed by atoms with Gasteiger partial charge < -0.3 is 10.1 Å². The summed E-state index contributed by atoms with van der Waals surface area (Å²) in [6, 6.07) is 11.6. The van der Waals surface area contributed by atoms with Crippen molar-refractivity contribution in [2.24, 2.45) is 0 Å². The topological polar surface area (TPSA) is 72.8 Å². The Kier molecular flexibility index (Phi) is 5.64. The summed E-state index contributed by atoms with van der Waals surface area (Å²) in [4.78, 5) is 17.8. The molecule has 0 saturated heterocycles. The van der Waals surface area contributed by atoms with Crippen molar-refractivity contribution in [3.8, 4) is 17.4 Å². The van der Waals surface area contributed by atoms with Crippen molar-refractivity contribution in [2.45, 2.75) is 46.3 Å². The average Bonchev–Trinajstić information content (AvgIpc) is 2.66. The summed E-state index contributed by atoms with van der Waals surface area (Å²) in [6.07, 6.45) is 4.34. The molecule has 6 nitrogen and oxygen atoms in total. The standard InChI is InChI=1S/C21H25N5O/c1-5-16-13-18(26-20(25-16)17-8-6-7-10-22-17)24-14-15-9-11-23-19(12-15)27-21(2,3)4/h6-13H,5,14H2,1-4H3,(H,24,25,26). The molecule has 0 aliphatic rings. The Bertz CT molecular complexity index is 891. The van der Waals surface area contributed by atoms with Crippen LogP contribution in [0.5, 0.6) is 5.88 Å². The van der Waals surface area contributed by atoms with Gasteiger partial charge in [0.1, 0.15) is 17.1 Å². The lowest BCUT2D eigenvalue weighted by Crippen LogP contribution is -2.23. The first-order valence-corrected chi connectivity index (χ1v) is 9.10. The third-order valence-corrected chi connectivity index (χ3v) is 3.72. The van der Waals surface area contributed by atoms with Crippen LogP contribution in [0, 0.1) is 0 Å². The molecule has 0 aromatic carbocycles. The van der Waals surface area contributed by atoms with E-state index in [1.165, 1.54) is 0 Å². The van der Waals surface area contributed by atoms with E-state index >= 15 is 0 Å². The van der Waals surface area contributed by atoms with Gasteiger partial charge in [-0.1, -0.05) is 13.0 Å². The number of nitrogens with zero attached hydrogens (tertiary/aromatic N) is 4. The van der Waals surface area contributed by atoms with Crippen LogP contribution >= 0.6 is 0 Å². The van der Waals surface area contributed by atoms with Crippen LogP contribution in [0.2, 0.25) is 0 Å². The minimum Gasteiger partial charge on any atom is -0.472 e. The van der Waals surface area contributed by atoms with Crippen molar-refractivity contribution in [1.82, 2.24) is 19.9 Å². The quantitative estimate of drug-likeness (QED) is 0.704. The van der Waals surface area contributed by atoms with Crippen LogP contribution in [0.3, 0.4) is 0 Å². The molecule has 0 aliphatic heterocycles. The molecule has 0 radical (unpaired) electrons. The molecule has 0 amide bonds. The molecular weight excluding hydrogens is 338 g/mol. The van der Waals surface area contributed by atoms with E-state index in [9.17, 15) is 0 Å². The molecule has 3 aromatic rings. The number of pyridine rings is 2. The van der Waals surface area contributed by atoms with Crippen molar-refractivity contribution < 1.29 is 4.74 Å². The Balaban J connectivity index is 1.77. The molecule has 140 valence electrons. The Morgan fingerprint density at radius 1 is 1.00 bits per heavy atom. The van der Waals surface area contributed by atoms with Gasteiger partial charge in [-0.05, 0) is 51.0 Å². The van der Waals surface area contributed by atoms with Crippen LogP contribution < -0.4 is 10.1 Å². The van der Waals surface area contributed by atoms with Gasteiger partial charge in [-0.15, -0.1) is 0 Å². The predicted octanol–water partition coefficient (Wildman–Crippen LogP) is 4.29. The Hall–Kier alpha value is -3.02. The molecule has 6 heteroatoms. The predicted molar refractivity (Wildman–Crippen MR) is 107 cm³/mol. The zero-order valence-electron chi connectivity index (χ0n) is 16.2. The molecule has 3 heterocycles. The summed E-state index contributed by atoms with van der Waals surface area (Å²) in [5, 5.41) is 3.37. The molecule has 27 heavy (non-hydrogen) atoms. The SMILES string of the molecule is CCc1cc(NCc2ccnc(OC(C)(C)C)c2)nc(-c2ccccn2)n1. The smallest absolute Gasteiger partial charge is 0.214 e. The summed E-state index contributed by atoms with van der Waals surface area (Å²) >= 11 is 0. The lowest BCUT2D eigenvalue weighted by atomic mass is 10.2. The number of rotatable bonds is 6. The van der Waals surface area contributed by atoms with Gasteiger partial charge in [0, 0.05) is 36.8 Å². The molecule has 3 rings (SSSR count). The second-order valence-corrected chi connectivity index (χ2v) is 7.21. The number of hydrogen-bond donors (Lipinski definition) is 1. The Morgan fingerprint density at radius 2 is 1.85 bits per heavy atom. The number of ether oxygens (including phenoxy) is 1. The van der Waals surface area contributed by atoms with Gasteiger partial charge in [0.15, 0.2) is 5.82 Å². The zero-order chi connectivity index (χ0) is 19.3. The number of aryl methyl sites for hydroxylation is 1. The van der Waals surface area contributed by atoms with E-state index in [1.807, 2.05) is 57.2 Å². The minimum absolute atomic E-state index is 0.278. The van der Waals surface area contributed by atoms with Gasteiger partial charge in [0.05, 0.1) is 0 Å². The van der Waals surface area contributed by atoms with E-state index in [-0.39, 0.29) is 5.60 Å². The number of aromatic nitrogens is 4. The molecule has 0 saturated carbocycles. The second-order valence-electron chi connectivity index (χ2n) is 7.21. The number of nitrogens with one attached hydrogen (secondary N) is 1. The molecule has 0 atom stereocenters. The van der Waals surface area contributed by atoms with Crippen molar-refractivity contribution in [2.75, 3.05) is 5.32 Å². The van der Waals surface area contributed by atoms with Crippen LogP contribution in [0.15, 0.2) is 48.8 Å². The third-order valence-electron chi connectivity index (χ3n) is 3.72. The summed E-state index contributed by atoms with van der Waals surface area (Å²) in [5.41, 5.74) is 2.53. The highest BCUT2D eigenvalue weighted by molar-refractivity contribution is 5.53. The lowest BCUT2D eigenvalue weighted by Gasteiger charge is -2.20. The molecule has 0 unspecified atom stereocenters. The van der Waals surface area contributed by atoms with E-state index in [1.54, 1.807) is 12.4 Å². The maximum absolute atomic E-state index is 5.84. The van der Waals surface area contributed by atoms with E-state index < -0.39 is 0 Å². The summed E-state index contributed by atoms with van der Waals surface area (Å²) in [5.74, 6) is 2.02. The van der Waals surface area contributed by atoms with E-state index in [0.717, 1.165) is 29.2 Å². The molecule has 1 N–H and O–H groups in total. The van der Waals surface area contributed by atoms with Crippen LogP contribution in [-0.4, -0.2) is 25.5 Å². The van der Waals surface area contributed by atoms with Gasteiger partial charge in [0.2, 0.25) is 5.88 Å². The lowest BCUT2D eigenvalue weighted by molar-refractivity contribution is 0.124. The molecule has 0 fully saturated rings. The average molecular weight is 363 g/mol. The highest BCUT2D eigenvalue weighted by Crippen LogP contribution is 2.19. The first-order valence-electron chi connectivity index (χ1n) is 9.10. The molecule has 0 spiro atoms. The zero-order valence-corrected chi connectivity index (χ0v) is 16.2. The van der Waals surface area contributed by atoms with Crippen molar-refractivity contribution in [1.29, 1.82) is 0 Å². The van der Waals surface area contributed by atoms with Gasteiger partial charge >= 0.3 is 0 Å². The first-order chi connectivity index (χ1) is 12.9. The summed E-state index contributed by atoms with van der Waals surface area (Å²) < 4.78 is 5.84. The van der Waals surface area contributed by atoms with Gasteiger partial charge in [-0.2, -0.15) is 0 Å². The third kappa shape index (κ3) is 5.48.